The number of ether oxygens (including phenoxy) is 2. The Kier molecular flexibility index (Phi) is 7.11. The summed E-state index contributed by atoms with van der Waals surface area (Å²) in [4.78, 5) is 36.4. The van der Waals surface area contributed by atoms with Gasteiger partial charge in [0, 0.05) is 11.8 Å². The van der Waals surface area contributed by atoms with Crippen molar-refractivity contribution in [2.45, 2.75) is 13.5 Å². The highest BCUT2D eigenvalue weighted by molar-refractivity contribution is 7.14. The number of nitrogens with one attached hydrogen (secondary N) is 1. The number of esters is 1. The maximum Gasteiger partial charge on any atom is 0.338 e. The van der Waals surface area contributed by atoms with E-state index in [9.17, 15) is 14.4 Å². The molecule has 0 fully saturated rings. The maximum atomic E-state index is 12.1. The molecule has 2 aromatic rings. The number of ketones is 1. The van der Waals surface area contributed by atoms with E-state index in [0.717, 1.165) is 4.88 Å². The van der Waals surface area contributed by atoms with E-state index < -0.39 is 5.97 Å². The highest BCUT2D eigenvalue weighted by atomic mass is 32.1. The van der Waals surface area contributed by atoms with Crippen molar-refractivity contribution >= 4 is 29.0 Å². The largest absolute Gasteiger partial charge is 0.490 e. The van der Waals surface area contributed by atoms with Crippen LogP contribution in [0.25, 0.3) is 0 Å². The second-order valence-electron chi connectivity index (χ2n) is 5.30. The van der Waals surface area contributed by atoms with Crippen molar-refractivity contribution in [1.29, 1.82) is 0 Å². The Hall–Kier alpha value is -2.93. The zero-order valence-corrected chi connectivity index (χ0v) is 15.1. The van der Waals surface area contributed by atoms with Gasteiger partial charge in [0.15, 0.2) is 6.61 Å². The lowest BCUT2D eigenvalue weighted by Crippen LogP contribution is -2.18. The Balaban J connectivity index is 1.85. The third-order valence-electron chi connectivity index (χ3n) is 3.24. The van der Waals surface area contributed by atoms with Gasteiger partial charge in [0.2, 0.25) is 11.7 Å². The molecule has 0 aliphatic rings. The minimum atomic E-state index is -0.580. The first-order valence-electron chi connectivity index (χ1n) is 7.87. The van der Waals surface area contributed by atoms with Crippen LogP contribution in [0, 0.1) is 0 Å². The number of thiophene rings is 1. The average molecular weight is 373 g/mol. The number of amides is 1. The second kappa shape index (κ2) is 9.53. The third kappa shape index (κ3) is 5.86. The molecule has 0 spiro atoms. The molecule has 1 N–H and O–H groups in total. The molecule has 0 unspecified atom stereocenters. The lowest BCUT2D eigenvalue weighted by atomic mass is 10.2. The molecule has 1 aromatic carbocycles. The predicted molar refractivity (Wildman–Crippen MR) is 98.6 cm³/mol. The van der Waals surface area contributed by atoms with Crippen molar-refractivity contribution in [3.8, 4) is 5.75 Å². The van der Waals surface area contributed by atoms with Crippen LogP contribution in [0.2, 0.25) is 0 Å². The molecule has 0 bridgehead atoms. The van der Waals surface area contributed by atoms with E-state index in [0.29, 0.717) is 29.3 Å². The molecular formula is C19H19NO5S. The highest BCUT2D eigenvalue weighted by Crippen LogP contribution is 2.18. The van der Waals surface area contributed by atoms with Gasteiger partial charge in [0.1, 0.15) is 12.4 Å². The molecule has 2 rings (SSSR count). The summed E-state index contributed by atoms with van der Waals surface area (Å²) in [7, 11) is 0. The van der Waals surface area contributed by atoms with E-state index in [1.54, 1.807) is 42.5 Å². The minimum absolute atomic E-state index is 0.138. The lowest BCUT2D eigenvalue weighted by Gasteiger charge is -2.05. The molecule has 0 saturated carbocycles. The van der Waals surface area contributed by atoms with E-state index in [-0.39, 0.29) is 18.3 Å². The molecule has 0 aliphatic carbocycles. The molecular weight excluding hydrogens is 354 g/mol. The molecule has 7 heteroatoms. The van der Waals surface area contributed by atoms with Crippen LogP contribution < -0.4 is 10.1 Å². The van der Waals surface area contributed by atoms with Crippen LogP contribution in [-0.4, -0.2) is 30.9 Å². The van der Waals surface area contributed by atoms with E-state index in [4.69, 9.17) is 9.47 Å². The van der Waals surface area contributed by atoms with Crippen molar-refractivity contribution in [1.82, 2.24) is 5.32 Å². The number of benzene rings is 1. The van der Waals surface area contributed by atoms with Gasteiger partial charge in [-0.25, -0.2) is 4.79 Å². The van der Waals surface area contributed by atoms with Crippen LogP contribution in [0.5, 0.6) is 5.75 Å². The zero-order chi connectivity index (χ0) is 18.9. The summed E-state index contributed by atoms with van der Waals surface area (Å²) >= 11 is 1.26. The first-order valence-corrected chi connectivity index (χ1v) is 8.68. The highest BCUT2D eigenvalue weighted by Gasteiger charge is 2.14. The van der Waals surface area contributed by atoms with Crippen molar-refractivity contribution < 1.29 is 23.9 Å². The van der Waals surface area contributed by atoms with E-state index in [1.807, 2.05) is 0 Å². The summed E-state index contributed by atoms with van der Waals surface area (Å²) < 4.78 is 10.4. The molecule has 26 heavy (non-hydrogen) atoms. The summed E-state index contributed by atoms with van der Waals surface area (Å²) in [5.41, 5.74) is 0.335. The first kappa shape index (κ1) is 19.4. The number of hydrogen-bond donors (Lipinski definition) is 1. The molecule has 1 aromatic heterocycles. The van der Waals surface area contributed by atoms with Crippen molar-refractivity contribution in [3.05, 3.63) is 64.4 Å². The Morgan fingerprint density at radius 1 is 1.15 bits per heavy atom. The predicted octanol–water partition coefficient (Wildman–Crippen LogP) is 2.99. The maximum absolute atomic E-state index is 12.1. The van der Waals surface area contributed by atoms with Crippen LogP contribution >= 0.6 is 11.3 Å². The summed E-state index contributed by atoms with van der Waals surface area (Å²) in [5.74, 6) is -0.393. The van der Waals surface area contributed by atoms with Gasteiger partial charge in [-0.05, 0) is 36.4 Å². The Morgan fingerprint density at radius 3 is 2.54 bits per heavy atom. The molecule has 136 valence electrons. The number of carbonyl (C=O) groups is 3. The smallest absolute Gasteiger partial charge is 0.338 e. The van der Waals surface area contributed by atoms with Gasteiger partial charge in [-0.3, -0.25) is 9.59 Å². The van der Waals surface area contributed by atoms with E-state index in [1.165, 1.54) is 18.3 Å². The van der Waals surface area contributed by atoms with Crippen LogP contribution in [0.1, 0.15) is 31.8 Å². The van der Waals surface area contributed by atoms with Gasteiger partial charge >= 0.3 is 5.97 Å². The third-order valence-corrected chi connectivity index (χ3v) is 4.37. The number of rotatable bonds is 9. The normalized spacial score (nSPS) is 10.0. The van der Waals surface area contributed by atoms with Gasteiger partial charge in [-0.1, -0.05) is 12.7 Å². The second-order valence-corrected chi connectivity index (χ2v) is 6.47. The molecule has 1 amide bonds. The zero-order valence-electron chi connectivity index (χ0n) is 14.3. The first-order chi connectivity index (χ1) is 12.5. The van der Waals surface area contributed by atoms with Crippen LogP contribution in [0.15, 0.2) is 49.1 Å². The van der Waals surface area contributed by atoms with Crippen molar-refractivity contribution in [3.63, 3.8) is 0 Å². The topological polar surface area (TPSA) is 81.7 Å². The fraction of sp³-hybridized carbons (Fsp3) is 0.211. The van der Waals surface area contributed by atoms with Crippen molar-refractivity contribution in [2.24, 2.45) is 0 Å². The van der Waals surface area contributed by atoms with Gasteiger partial charge in [0.05, 0.1) is 17.0 Å². The fourth-order valence-corrected chi connectivity index (χ4v) is 2.83. The lowest BCUT2D eigenvalue weighted by molar-refractivity contribution is -0.119. The van der Waals surface area contributed by atoms with Crippen LogP contribution in [0.4, 0.5) is 0 Å². The average Bonchev–Trinajstić information content (AvgIpc) is 3.12. The molecule has 0 radical (unpaired) electrons. The molecule has 0 atom stereocenters. The minimum Gasteiger partial charge on any atom is -0.490 e. The summed E-state index contributed by atoms with van der Waals surface area (Å²) in [6.45, 7) is 5.39. The Bertz CT molecular complexity index is 795. The van der Waals surface area contributed by atoms with Crippen LogP contribution in [-0.2, 0) is 16.1 Å². The standard InChI is InChI=1S/C19H19NO5S/c1-3-10-24-15-6-4-14(5-7-15)19(23)25-12-17(22)18-9-8-16(26-18)11-20-13(2)21/h3-9H,1,10-12H2,2H3,(H,20,21). The SMILES string of the molecule is C=CCOc1ccc(C(=O)OCC(=O)c2ccc(CNC(C)=O)s2)cc1. The molecule has 0 aliphatic heterocycles. The van der Waals surface area contributed by atoms with Gasteiger partial charge < -0.3 is 14.8 Å². The van der Waals surface area contributed by atoms with Gasteiger partial charge in [0.25, 0.3) is 0 Å². The quantitative estimate of drug-likeness (QED) is 0.415. The number of Topliss-reactive ketones (excluding diaryl/α,β-unsaturated/α-hetero) is 1. The summed E-state index contributed by atoms with van der Waals surface area (Å²) in [5, 5.41) is 2.66. The van der Waals surface area contributed by atoms with Crippen LogP contribution in [0.3, 0.4) is 0 Å². The molecule has 1 heterocycles. The van der Waals surface area contributed by atoms with Gasteiger partial charge in [-0.2, -0.15) is 0 Å². The Morgan fingerprint density at radius 2 is 1.88 bits per heavy atom. The molecule has 6 nitrogen and oxygen atoms in total. The fourth-order valence-electron chi connectivity index (χ4n) is 1.96. The monoisotopic (exact) mass is 373 g/mol. The van der Waals surface area contributed by atoms with E-state index in [2.05, 4.69) is 11.9 Å². The van der Waals surface area contributed by atoms with E-state index >= 15 is 0 Å². The number of carbonyl (C=O) groups excluding carboxylic acids is 3. The van der Waals surface area contributed by atoms with Crippen molar-refractivity contribution in [2.75, 3.05) is 13.2 Å². The van der Waals surface area contributed by atoms with Gasteiger partial charge in [-0.15, -0.1) is 11.3 Å². The summed E-state index contributed by atoms with van der Waals surface area (Å²) in [6.07, 6.45) is 1.62. The summed E-state index contributed by atoms with van der Waals surface area (Å²) in [6, 6.07) is 9.86. The number of hydrogen-bond acceptors (Lipinski definition) is 6. The molecule has 0 saturated heterocycles. The Labute approximate surface area is 155 Å².